The van der Waals surface area contributed by atoms with Crippen LogP contribution in [-0.4, -0.2) is 74.8 Å². The summed E-state index contributed by atoms with van der Waals surface area (Å²) in [7, 11) is 0. The number of rotatable bonds is 6. The molecule has 1 fully saturated rings. The predicted molar refractivity (Wildman–Crippen MR) is 177 cm³/mol. The largest absolute Gasteiger partial charge is 0.493 e. The van der Waals surface area contributed by atoms with Crippen LogP contribution < -0.4 is 4.74 Å². The van der Waals surface area contributed by atoms with Crippen LogP contribution in [0.25, 0.3) is 0 Å². The highest BCUT2D eigenvalue weighted by Crippen LogP contribution is 2.46. The number of ether oxygens (including phenoxy) is 1. The number of piperazine rings is 1. The van der Waals surface area contributed by atoms with E-state index in [2.05, 4.69) is 9.59 Å². The van der Waals surface area contributed by atoms with E-state index in [1.807, 2.05) is 12.1 Å². The molecule has 3 amide bonds. The number of carbonyl (C=O) groups excluding carboxylic acids is 2. The van der Waals surface area contributed by atoms with Crippen molar-refractivity contribution in [3.05, 3.63) is 110 Å². The molecule has 2 unspecified atom stereocenters. The summed E-state index contributed by atoms with van der Waals surface area (Å²) in [5, 5.41) is 4.93. The molecule has 0 radical (unpaired) electrons. The number of alkyl halides is 3. The molecule has 6 rings (SSSR count). The lowest BCUT2D eigenvalue weighted by atomic mass is 9.93. The standard InChI is InChI=1S/C33H29Cl2F3N6O3S/c1-3-47-26-18-22(33(36,37)38)8-13-25(26)30-39-27(20-4-9-23(34)10-5-20)28(21-6-11-24(35)12-7-21)44(30)32(46)43-16-14-42(15-17-43)31(45)29-19(2)40-41-48-29/h4-13,18,27-28H,3,14-17H2,1-2H3. The van der Waals surface area contributed by atoms with Crippen LogP contribution in [0.3, 0.4) is 0 Å². The Morgan fingerprint density at radius 1 is 0.917 bits per heavy atom. The number of aryl methyl sites for hydroxylation is 1. The maximum Gasteiger partial charge on any atom is 0.416 e. The summed E-state index contributed by atoms with van der Waals surface area (Å²) < 4.78 is 51.0. The van der Waals surface area contributed by atoms with Gasteiger partial charge in [-0.15, -0.1) is 5.10 Å². The van der Waals surface area contributed by atoms with Crippen molar-refractivity contribution in [2.24, 2.45) is 4.99 Å². The molecular formula is C33H29Cl2F3N6O3S. The molecule has 15 heteroatoms. The second-order valence-electron chi connectivity index (χ2n) is 11.2. The van der Waals surface area contributed by atoms with E-state index in [0.717, 1.165) is 29.2 Å². The zero-order valence-corrected chi connectivity index (χ0v) is 28.1. The second-order valence-corrected chi connectivity index (χ2v) is 12.8. The number of aliphatic imine (C=N–C) groups is 1. The molecule has 0 spiro atoms. The molecule has 0 N–H and O–H groups in total. The van der Waals surface area contributed by atoms with Gasteiger partial charge in [0.25, 0.3) is 5.91 Å². The smallest absolute Gasteiger partial charge is 0.416 e. The average Bonchev–Trinajstić information content (AvgIpc) is 3.68. The maximum absolute atomic E-state index is 14.7. The van der Waals surface area contributed by atoms with Gasteiger partial charge in [-0.05, 0) is 79.0 Å². The van der Waals surface area contributed by atoms with E-state index in [4.69, 9.17) is 32.9 Å². The Kier molecular flexibility index (Phi) is 9.64. The van der Waals surface area contributed by atoms with Crippen LogP contribution in [-0.2, 0) is 6.18 Å². The monoisotopic (exact) mass is 716 g/mol. The fourth-order valence-corrected chi connectivity index (χ4v) is 6.71. The van der Waals surface area contributed by atoms with Gasteiger partial charge in [0, 0.05) is 36.2 Å². The Morgan fingerprint density at radius 2 is 1.52 bits per heavy atom. The number of nitrogens with zero attached hydrogens (tertiary/aromatic N) is 6. The first-order valence-electron chi connectivity index (χ1n) is 15.1. The highest BCUT2D eigenvalue weighted by Gasteiger charge is 2.45. The minimum atomic E-state index is -4.61. The number of halogens is 5. The van der Waals surface area contributed by atoms with Gasteiger partial charge < -0.3 is 14.5 Å². The van der Waals surface area contributed by atoms with Gasteiger partial charge >= 0.3 is 12.2 Å². The molecule has 48 heavy (non-hydrogen) atoms. The van der Waals surface area contributed by atoms with Crippen LogP contribution in [0.5, 0.6) is 5.75 Å². The SMILES string of the molecule is CCOc1cc(C(F)(F)F)ccc1C1=NC(c2ccc(Cl)cc2)C(c2ccc(Cl)cc2)N1C(=O)N1CCN(C(=O)c2snnc2C)CC1. The molecule has 1 aromatic heterocycles. The number of benzene rings is 3. The molecule has 0 bridgehead atoms. The van der Waals surface area contributed by atoms with Gasteiger partial charge in [0.1, 0.15) is 22.5 Å². The van der Waals surface area contributed by atoms with E-state index in [1.165, 1.54) is 11.0 Å². The van der Waals surface area contributed by atoms with Crippen molar-refractivity contribution >= 4 is 52.5 Å². The van der Waals surface area contributed by atoms with Crippen molar-refractivity contribution in [3.63, 3.8) is 0 Å². The summed E-state index contributed by atoms with van der Waals surface area (Å²) in [5.41, 5.74) is 1.33. The second kappa shape index (κ2) is 13.7. The number of amides is 3. The topological polar surface area (TPSA) is 91.2 Å². The Balaban J connectivity index is 1.43. The fourth-order valence-electron chi connectivity index (χ4n) is 5.84. The van der Waals surface area contributed by atoms with E-state index < -0.39 is 29.9 Å². The molecule has 3 heterocycles. The lowest BCUT2D eigenvalue weighted by molar-refractivity contribution is -0.137. The maximum atomic E-state index is 14.7. The van der Waals surface area contributed by atoms with E-state index in [9.17, 15) is 22.8 Å². The van der Waals surface area contributed by atoms with Crippen molar-refractivity contribution in [1.29, 1.82) is 0 Å². The Bertz CT molecular complexity index is 1840. The minimum absolute atomic E-state index is 0.0561. The first-order chi connectivity index (χ1) is 23.0. The third-order valence-electron chi connectivity index (χ3n) is 8.23. The number of hydrogen-bond donors (Lipinski definition) is 0. The van der Waals surface area contributed by atoms with Crippen LogP contribution in [0.15, 0.2) is 71.7 Å². The summed E-state index contributed by atoms with van der Waals surface area (Å²) in [6.07, 6.45) is -4.61. The molecule has 250 valence electrons. The van der Waals surface area contributed by atoms with Gasteiger partial charge in [0.2, 0.25) is 0 Å². The van der Waals surface area contributed by atoms with Crippen LogP contribution in [0, 0.1) is 6.92 Å². The summed E-state index contributed by atoms with van der Waals surface area (Å²) in [4.78, 5) is 38.1. The van der Waals surface area contributed by atoms with E-state index in [1.54, 1.807) is 60.0 Å². The highest BCUT2D eigenvalue weighted by molar-refractivity contribution is 7.07. The van der Waals surface area contributed by atoms with Crippen molar-refractivity contribution < 1.29 is 27.5 Å². The van der Waals surface area contributed by atoms with Crippen molar-refractivity contribution in [3.8, 4) is 5.75 Å². The van der Waals surface area contributed by atoms with Crippen LogP contribution in [0.1, 0.15) is 56.6 Å². The molecule has 2 atom stereocenters. The lowest BCUT2D eigenvalue weighted by Crippen LogP contribution is -2.55. The van der Waals surface area contributed by atoms with Gasteiger partial charge in [-0.25, -0.2) is 4.79 Å². The summed E-state index contributed by atoms with van der Waals surface area (Å²) in [6, 6.07) is 15.4. The number of carbonyl (C=O) groups is 2. The molecule has 0 aliphatic carbocycles. The summed E-state index contributed by atoms with van der Waals surface area (Å²) in [5.74, 6) is -0.104. The van der Waals surface area contributed by atoms with Crippen LogP contribution in [0.2, 0.25) is 10.0 Å². The molecule has 9 nitrogen and oxygen atoms in total. The fraction of sp³-hybridized carbons (Fsp3) is 0.303. The Labute approximate surface area is 288 Å². The Hall–Kier alpha value is -4.20. The molecule has 3 aromatic carbocycles. The summed E-state index contributed by atoms with van der Waals surface area (Å²) in [6.45, 7) is 4.42. The minimum Gasteiger partial charge on any atom is -0.493 e. The zero-order valence-electron chi connectivity index (χ0n) is 25.7. The molecule has 2 aliphatic rings. The first-order valence-corrected chi connectivity index (χ1v) is 16.6. The van der Waals surface area contributed by atoms with Gasteiger partial charge in [-0.2, -0.15) is 13.2 Å². The van der Waals surface area contributed by atoms with Crippen LogP contribution >= 0.6 is 34.7 Å². The zero-order chi connectivity index (χ0) is 34.2. The predicted octanol–water partition coefficient (Wildman–Crippen LogP) is 7.69. The Morgan fingerprint density at radius 3 is 2.08 bits per heavy atom. The van der Waals surface area contributed by atoms with Gasteiger partial charge in [0.15, 0.2) is 0 Å². The lowest BCUT2D eigenvalue weighted by Gasteiger charge is -2.39. The third-order valence-corrected chi connectivity index (χ3v) is 9.55. The summed E-state index contributed by atoms with van der Waals surface area (Å²) >= 11 is 13.5. The first kappa shape index (κ1) is 33.7. The quantitative estimate of drug-likeness (QED) is 0.204. The normalized spacial score (nSPS) is 18.2. The average molecular weight is 718 g/mol. The van der Waals surface area contributed by atoms with Gasteiger partial charge in [-0.1, -0.05) is 52.0 Å². The molecule has 0 saturated carbocycles. The molecule has 2 aliphatic heterocycles. The van der Waals surface area contributed by atoms with Gasteiger partial charge in [-0.3, -0.25) is 14.7 Å². The highest BCUT2D eigenvalue weighted by atomic mass is 35.5. The van der Waals surface area contributed by atoms with E-state index in [-0.39, 0.29) is 55.8 Å². The number of hydrogen-bond acceptors (Lipinski definition) is 7. The number of aromatic nitrogens is 2. The van der Waals surface area contributed by atoms with Crippen molar-refractivity contribution in [2.75, 3.05) is 32.8 Å². The number of amidine groups is 1. The van der Waals surface area contributed by atoms with Gasteiger partial charge in [0.05, 0.1) is 29.5 Å². The molecular weight excluding hydrogens is 688 g/mol. The molecule has 4 aromatic rings. The van der Waals surface area contributed by atoms with Crippen molar-refractivity contribution in [2.45, 2.75) is 32.1 Å². The van der Waals surface area contributed by atoms with Crippen LogP contribution in [0.4, 0.5) is 18.0 Å². The number of urea groups is 1. The van der Waals surface area contributed by atoms with Crippen molar-refractivity contribution in [1.82, 2.24) is 24.3 Å². The van der Waals surface area contributed by atoms with E-state index in [0.29, 0.717) is 26.2 Å². The third kappa shape index (κ3) is 6.71. The van der Waals surface area contributed by atoms with E-state index >= 15 is 0 Å². The molecule has 1 saturated heterocycles.